The summed E-state index contributed by atoms with van der Waals surface area (Å²) in [5.41, 5.74) is 0.648. The van der Waals surface area contributed by atoms with Gasteiger partial charge in [0.2, 0.25) is 5.91 Å². The van der Waals surface area contributed by atoms with Gasteiger partial charge in [0, 0.05) is 12.1 Å². The molecule has 0 atom stereocenters. The largest absolute Gasteiger partial charge is 0.492 e. The second-order valence-electron chi connectivity index (χ2n) is 5.97. The summed E-state index contributed by atoms with van der Waals surface area (Å²) in [5.74, 6) is 2.05. The van der Waals surface area contributed by atoms with Crippen LogP contribution in [0.25, 0.3) is 0 Å². The Morgan fingerprint density at radius 2 is 1.90 bits per heavy atom. The zero-order chi connectivity index (χ0) is 20.6. The van der Waals surface area contributed by atoms with Gasteiger partial charge in [0.05, 0.1) is 18.0 Å². The van der Waals surface area contributed by atoms with Crippen LogP contribution in [0, 0.1) is 0 Å². The number of ether oxygens (including phenoxy) is 2. The first-order valence-corrected chi connectivity index (χ1v) is 10.3. The highest BCUT2D eigenvalue weighted by Crippen LogP contribution is 2.24. The maximum Gasteiger partial charge on any atom is 0.234 e. The molecule has 9 heteroatoms. The number of benzene rings is 2. The van der Waals surface area contributed by atoms with Crippen molar-refractivity contribution in [3.05, 3.63) is 59.4 Å². The standard InChI is InChI=1S/C20H21ClN4O3S/c1-3-27-17-7-5-4-6-16(17)22-19(26)13-29-20-24-23-18(25(20)2)12-28-15-10-8-14(21)9-11-15/h4-11H,3,12-13H2,1-2H3,(H,22,26). The molecule has 0 fully saturated rings. The molecule has 2 aromatic carbocycles. The molecule has 0 spiro atoms. The number of carbonyl (C=O) groups is 1. The van der Waals surface area contributed by atoms with Gasteiger partial charge in [-0.05, 0) is 43.3 Å². The van der Waals surface area contributed by atoms with Crippen molar-refractivity contribution in [3.63, 3.8) is 0 Å². The molecule has 0 aliphatic heterocycles. The Bertz CT molecular complexity index is 963. The number of thioether (sulfide) groups is 1. The Labute approximate surface area is 178 Å². The smallest absolute Gasteiger partial charge is 0.234 e. The molecule has 3 rings (SSSR count). The third-order valence-electron chi connectivity index (χ3n) is 3.90. The molecule has 152 valence electrons. The lowest BCUT2D eigenvalue weighted by atomic mass is 10.3. The Balaban J connectivity index is 1.53. The summed E-state index contributed by atoms with van der Waals surface area (Å²) in [4.78, 5) is 12.3. The molecular weight excluding hydrogens is 412 g/mol. The summed E-state index contributed by atoms with van der Waals surface area (Å²) in [6.45, 7) is 2.69. The van der Waals surface area contributed by atoms with Crippen molar-refractivity contribution in [2.75, 3.05) is 17.7 Å². The summed E-state index contributed by atoms with van der Waals surface area (Å²) >= 11 is 7.17. The minimum Gasteiger partial charge on any atom is -0.492 e. The van der Waals surface area contributed by atoms with Gasteiger partial charge in [-0.25, -0.2) is 0 Å². The number of rotatable bonds is 9. The van der Waals surface area contributed by atoms with E-state index in [-0.39, 0.29) is 18.3 Å². The fourth-order valence-corrected chi connectivity index (χ4v) is 3.30. The van der Waals surface area contributed by atoms with Gasteiger partial charge in [-0.15, -0.1) is 10.2 Å². The van der Waals surface area contributed by atoms with Crippen LogP contribution >= 0.6 is 23.4 Å². The lowest BCUT2D eigenvalue weighted by molar-refractivity contribution is -0.113. The number of hydrogen-bond donors (Lipinski definition) is 1. The van der Waals surface area contributed by atoms with Crippen molar-refractivity contribution in [3.8, 4) is 11.5 Å². The summed E-state index contributed by atoms with van der Waals surface area (Å²) in [6.07, 6.45) is 0. The van der Waals surface area contributed by atoms with E-state index in [1.807, 2.05) is 42.8 Å². The molecule has 0 saturated carbocycles. The van der Waals surface area contributed by atoms with Gasteiger partial charge < -0.3 is 19.4 Å². The SMILES string of the molecule is CCOc1ccccc1NC(=O)CSc1nnc(COc2ccc(Cl)cc2)n1C. The van der Waals surface area contributed by atoms with E-state index in [0.717, 1.165) is 0 Å². The molecule has 1 heterocycles. The first kappa shape index (κ1) is 21.0. The number of hydrogen-bond acceptors (Lipinski definition) is 6. The van der Waals surface area contributed by atoms with Crippen LogP contribution in [-0.2, 0) is 18.4 Å². The van der Waals surface area contributed by atoms with Crippen LogP contribution in [0.4, 0.5) is 5.69 Å². The van der Waals surface area contributed by atoms with Crippen LogP contribution in [0.5, 0.6) is 11.5 Å². The van der Waals surface area contributed by atoms with E-state index in [4.69, 9.17) is 21.1 Å². The van der Waals surface area contributed by atoms with Crippen molar-refractivity contribution >= 4 is 35.0 Å². The molecule has 0 saturated heterocycles. The van der Waals surface area contributed by atoms with Crippen LogP contribution in [0.3, 0.4) is 0 Å². The Morgan fingerprint density at radius 1 is 1.14 bits per heavy atom. The highest BCUT2D eigenvalue weighted by atomic mass is 35.5. The molecule has 0 radical (unpaired) electrons. The zero-order valence-corrected chi connectivity index (χ0v) is 17.7. The quantitative estimate of drug-likeness (QED) is 0.511. The van der Waals surface area contributed by atoms with Crippen LogP contribution in [-0.4, -0.2) is 33.0 Å². The Kier molecular flexibility index (Phi) is 7.37. The third-order valence-corrected chi connectivity index (χ3v) is 5.17. The molecule has 1 N–H and O–H groups in total. The van der Waals surface area contributed by atoms with E-state index in [0.29, 0.717) is 39.8 Å². The first-order valence-electron chi connectivity index (χ1n) is 8.98. The number of nitrogens with zero attached hydrogens (tertiary/aromatic N) is 3. The maximum atomic E-state index is 12.3. The monoisotopic (exact) mass is 432 g/mol. The lowest BCUT2D eigenvalue weighted by Gasteiger charge is -2.11. The summed E-state index contributed by atoms with van der Waals surface area (Å²) in [5, 5.41) is 12.4. The van der Waals surface area contributed by atoms with E-state index < -0.39 is 0 Å². The molecular formula is C20H21ClN4O3S. The number of halogens is 1. The van der Waals surface area contributed by atoms with Gasteiger partial charge in [-0.2, -0.15) is 0 Å². The molecule has 0 aliphatic carbocycles. The molecule has 1 amide bonds. The minimum absolute atomic E-state index is 0.149. The molecule has 29 heavy (non-hydrogen) atoms. The van der Waals surface area contributed by atoms with Crippen molar-refractivity contribution < 1.29 is 14.3 Å². The number of nitrogens with one attached hydrogen (secondary N) is 1. The molecule has 0 aliphatic rings. The van der Waals surface area contributed by atoms with Gasteiger partial charge >= 0.3 is 0 Å². The fraction of sp³-hybridized carbons (Fsp3) is 0.250. The molecule has 1 aromatic heterocycles. The van der Waals surface area contributed by atoms with Gasteiger partial charge in [0.1, 0.15) is 18.1 Å². The van der Waals surface area contributed by atoms with Gasteiger partial charge in [0.25, 0.3) is 0 Å². The Hall–Kier alpha value is -2.71. The molecule has 7 nitrogen and oxygen atoms in total. The molecule has 0 unspecified atom stereocenters. The van der Waals surface area contributed by atoms with Crippen LogP contribution in [0.2, 0.25) is 5.02 Å². The van der Waals surface area contributed by atoms with Gasteiger partial charge in [-0.1, -0.05) is 35.5 Å². The lowest BCUT2D eigenvalue weighted by Crippen LogP contribution is -2.15. The van der Waals surface area contributed by atoms with E-state index in [2.05, 4.69) is 15.5 Å². The highest BCUT2D eigenvalue weighted by molar-refractivity contribution is 7.99. The number of amides is 1. The van der Waals surface area contributed by atoms with E-state index in [9.17, 15) is 4.79 Å². The number of carbonyl (C=O) groups excluding carboxylic acids is 1. The van der Waals surface area contributed by atoms with Crippen molar-refractivity contribution in [2.24, 2.45) is 7.05 Å². The topological polar surface area (TPSA) is 78.3 Å². The fourth-order valence-electron chi connectivity index (χ4n) is 2.44. The second kappa shape index (κ2) is 10.2. The van der Waals surface area contributed by atoms with E-state index >= 15 is 0 Å². The van der Waals surface area contributed by atoms with Gasteiger partial charge in [-0.3, -0.25) is 4.79 Å². The van der Waals surface area contributed by atoms with E-state index in [1.54, 1.807) is 24.3 Å². The maximum absolute atomic E-state index is 12.3. The summed E-state index contributed by atoms with van der Waals surface area (Å²) in [7, 11) is 1.84. The molecule has 0 bridgehead atoms. The normalized spacial score (nSPS) is 10.6. The molecule has 3 aromatic rings. The average Bonchev–Trinajstić information content (AvgIpc) is 3.07. The van der Waals surface area contributed by atoms with Crippen molar-refractivity contribution in [1.29, 1.82) is 0 Å². The Morgan fingerprint density at radius 3 is 2.66 bits per heavy atom. The highest BCUT2D eigenvalue weighted by Gasteiger charge is 2.13. The van der Waals surface area contributed by atoms with Crippen molar-refractivity contribution in [2.45, 2.75) is 18.7 Å². The van der Waals surface area contributed by atoms with Crippen LogP contribution < -0.4 is 14.8 Å². The predicted octanol–water partition coefficient (Wildman–Crippen LogP) is 4.18. The first-order chi connectivity index (χ1) is 14.1. The minimum atomic E-state index is -0.149. The average molecular weight is 433 g/mol. The van der Waals surface area contributed by atoms with Crippen LogP contribution in [0.15, 0.2) is 53.7 Å². The number of anilines is 1. The van der Waals surface area contributed by atoms with Crippen molar-refractivity contribution in [1.82, 2.24) is 14.8 Å². The predicted molar refractivity (Wildman–Crippen MR) is 114 cm³/mol. The van der Waals surface area contributed by atoms with Gasteiger partial charge in [0.15, 0.2) is 11.0 Å². The summed E-state index contributed by atoms with van der Waals surface area (Å²) in [6, 6.07) is 14.4. The third kappa shape index (κ3) is 5.88. The van der Waals surface area contributed by atoms with E-state index in [1.165, 1.54) is 11.8 Å². The number of aromatic nitrogens is 3. The second-order valence-corrected chi connectivity index (χ2v) is 7.35. The zero-order valence-electron chi connectivity index (χ0n) is 16.1. The summed E-state index contributed by atoms with van der Waals surface area (Å²) < 4.78 is 13.0. The number of para-hydroxylation sites is 2. The van der Waals surface area contributed by atoms with Crippen LogP contribution in [0.1, 0.15) is 12.7 Å².